The first-order valence-electron chi connectivity index (χ1n) is 8.36. The van der Waals surface area contributed by atoms with Crippen LogP contribution in [-0.2, 0) is 0 Å². The summed E-state index contributed by atoms with van der Waals surface area (Å²) in [4.78, 5) is 4.64. The number of hydrogen-bond acceptors (Lipinski definition) is 4. The van der Waals surface area contributed by atoms with Gasteiger partial charge in [0.1, 0.15) is 5.75 Å². The molecule has 1 aromatic carbocycles. The van der Waals surface area contributed by atoms with Gasteiger partial charge in [0.25, 0.3) is 0 Å². The SMILES string of the molecule is COc1ccc(-c2cnn3ccnc(C4=CCC(C#N)CC4)c23)cc1. The molecule has 4 rings (SSSR count). The van der Waals surface area contributed by atoms with Gasteiger partial charge in [0.2, 0.25) is 0 Å². The van der Waals surface area contributed by atoms with E-state index in [1.807, 2.05) is 41.2 Å². The minimum Gasteiger partial charge on any atom is -0.497 e. The molecule has 1 aliphatic rings. The summed E-state index contributed by atoms with van der Waals surface area (Å²) >= 11 is 0. The molecular weight excluding hydrogens is 312 g/mol. The molecule has 0 N–H and O–H groups in total. The zero-order chi connectivity index (χ0) is 17.2. The summed E-state index contributed by atoms with van der Waals surface area (Å²) in [6.45, 7) is 0. The second-order valence-electron chi connectivity index (χ2n) is 6.19. The fraction of sp³-hybridized carbons (Fsp3) is 0.250. The van der Waals surface area contributed by atoms with Crippen LogP contribution < -0.4 is 4.74 Å². The van der Waals surface area contributed by atoms with Crippen molar-refractivity contribution >= 4 is 11.1 Å². The third kappa shape index (κ3) is 2.76. The quantitative estimate of drug-likeness (QED) is 0.725. The molecule has 0 amide bonds. The number of hydrogen-bond donors (Lipinski definition) is 0. The molecule has 1 unspecified atom stereocenters. The maximum atomic E-state index is 9.10. The smallest absolute Gasteiger partial charge is 0.118 e. The molecule has 0 saturated heterocycles. The van der Waals surface area contributed by atoms with Gasteiger partial charge in [-0.1, -0.05) is 18.2 Å². The summed E-state index contributed by atoms with van der Waals surface area (Å²) in [5, 5.41) is 13.6. The van der Waals surface area contributed by atoms with E-state index in [0.29, 0.717) is 0 Å². The lowest BCUT2D eigenvalue weighted by Gasteiger charge is -2.17. The number of nitriles is 1. The zero-order valence-corrected chi connectivity index (χ0v) is 14.0. The first-order valence-corrected chi connectivity index (χ1v) is 8.36. The van der Waals surface area contributed by atoms with Gasteiger partial charge in [0, 0.05) is 18.0 Å². The number of benzene rings is 1. The van der Waals surface area contributed by atoms with Crippen LogP contribution in [0.4, 0.5) is 0 Å². The van der Waals surface area contributed by atoms with Crippen molar-refractivity contribution in [3.05, 3.63) is 54.6 Å². The van der Waals surface area contributed by atoms with Crippen LogP contribution in [0.3, 0.4) is 0 Å². The van der Waals surface area contributed by atoms with Crippen LogP contribution in [-0.4, -0.2) is 21.7 Å². The average molecular weight is 330 g/mol. The van der Waals surface area contributed by atoms with Crippen molar-refractivity contribution in [2.45, 2.75) is 19.3 Å². The molecule has 2 heterocycles. The molecule has 1 aliphatic carbocycles. The lowest BCUT2D eigenvalue weighted by atomic mass is 9.88. The molecule has 3 aromatic rings. The summed E-state index contributed by atoms with van der Waals surface area (Å²) in [7, 11) is 1.66. The molecule has 2 aromatic heterocycles. The normalized spacial score (nSPS) is 17.1. The second kappa shape index (κ2) is 6.40. The Kier molecular flexibility index (Phi) is 3.95. The topological polar surface area (TPSA) is 63.2 Å². The molecule has 0 spiro atoms. The molecule has 124 valence electrons. The van der Waals surface area contributed by atoms with E-state index in [0.717, 1.165) is 47.3 Å². The molecule has 1 atom stereocenters. The van der Waals surface area contributed by atoms with Crippen LogP contribution in [0.1, 0.15) is 25.0 Å². The maximum Gasteiger partial charge on any atom is 0.118 e. The number of rotatable bonds is 3. The van der Waals surface area contributed by atoms with E-state index in [-0.39, 0.29) is 5.92 Å². The van der Waals surface area contributed by atoms with Gasteiger partial charge in [-0.25, -0.2) is 4.52 Å². The predicted octanol–water partition coefficient (Wildman–Crippen LogP) is 4.11. The van der Waals surface area contributed by atoms with Gasteiger partial charge in [0.15, 0.2) is 0 Å². The fourth-order valence-corrected chi connectivity index (χ4v) is 3.33. The lowest BCUT2D eigenvalue weighted by Crippen LogP contribution is -2.05. The highest BCUT2D eigenvalue weighted by atomic mass is 16.5. The number of nitrogens with zero attached hydrogens (tertiary/aromatic N) is 4. The van der Waals surface area contributed by atoms with E-state index in [4.69, 9.17) is 10.00 Å². The standard InChI is InChI=1S/C20H18N4O/c1-25-17-8-6-15(7-9-17)18-13-23-24-11-10-22-19(20(18)24)16-4-2-14(12-21)3-5-16/h4,6-11,13-14H,2-3,5H2,1H3. The van der Waals surface area contributed by atoms with E-state index in [1.165, 1.54) is 5.57 Å². The van der Waals surface area contributed by atoms with Gasteiger partial charge < -0.3 is 4.74 Å². The average Bonchev–Trinajstić information content (AvgIpc) is 3.12. The van der Waals surface area contributed by atoms with Crippen LogP contribution in [0.2, 0.25) is 0 Å². The molecule has 25 heavy (non-hydrogen) atoms. The largest absolute Gasteiger partial charge is 0.497 e. The maximum absolute atomic E-state index is 9.10. The number of ether oxygens (including phenoxy) is 1. The van der Waals surface area contributed by atoms with Crippen LogP contribution in [0, 0.1) is 17.2 Å². The predicted molar refractivity (Wildman–Crippen MR) is 95.9 cm³/mol. The summed E-state index contributed by atoms with van der Waals surface area (Å²) in [6.07, 6.45) is 10.2. The highest BCUT2D eigenvalue weighted by Gasteiger charge is 2.19. The summed E-state index contributed by atoms with van der Waals surface area (Å²) < 4.78 is 7.12. The first kappa shape index (κ1) is 15.4. The van der Waals surface area contributed by atoms with Crippen molar-refractivity contribution in [3.8, 4) is 22.9 Å². The van der Waals surface area contributed by atoms with Gasteiger partial charge in [-0.05, 0) is 42.5 Å². The third-order valence-electron chi connectivity index (χ3n) is 4.73. The van der Waals surface area contributed by atoms with Crippen molar-refractivity contribution in [3.63, 3.8) is 0 Å². The van der Waals surface area contributed by atoms with Crippen molar-refractivity contribution in [1.29, 1.82) is 5.26 Å². The van der Waals surface area contributed by atoms with Gasteiger partial charge >= 0.3 is 0 Å². The Hall–Kier alpha value is -3.13. The summed E-state index contributed by atoms with van der Waals surface area (Å²) in [5.74, 6) is 0.950. The zero-order valence-electron chi connectivity index (χ0n) is 14.0. The van der Waals surface area contributed by atoms with E-state index < -0.39 is 0 Å². The monoisotopic (exact) mass is 330 g/mol. The van der Waals surface area contributed by atoms with Crippen molar-refractivity contribution in [2.75, 3.05) is 7.11 Å². The summed E-state index contributed by atoms with van der Waals surface area (Å²) in [5.41, 5.74) is 5.30. The number of aromatic nitrogens is 3. The molecule has 5 nitrogen and oxygen atoms in total. The van der Waals surface area contributed by atoms with E-state index in [2.05, 4.69) is 22.2 Å². The summed E-state index contributed by atoms with van der Waals surface area (Å²) in [6, 6.07) is 10.3. The number of methoxy groups -OCH3 is 1. The Balaban J connectivity index is 1.82. The first-order chi connectivity index (χ1) is 12.3. The third-order valence-corrected chi connectivity index (χ3v) is 4.73. The van der Waals surface area contributed by atoms with E-state index in [1.54, 1.807) is 13.3 Å². The van der Waals surface area contributed by atoms with Crippen LogP contribution in [0.25, 0.3) is 22.2 Å². The van der Waals surface area contributed by atoms with E-state index in [9.17, 15) is 0 Å². The fourth-order valence-electron chi connectivity index (χ4n) is 3.33. The molecule has 0 bridgehead atoms. The highest BCUT2D eigenvalue weighted by molar-refractivity contribution is 5.88. The van der Waals surface area contributed by atoms with E-state index >= 15 is 0 Å². The Morgan fingerprint density at radius 2 is 2.12 bits per heavy atom. The lowest BCUT2D eigenvalue weighted by molar-refractivity contribution is 0.415. The minimum atomic E-state index is 0.120. The molecule has 5 heteroatoms. The molecule has 0 radical (unpaired) electrons. The number of fused-ring (bicyclic) bond motifs is 1. The van der Waals surface area contributed by atoms with Crippen molar-refractivity contribution in [2.24, 2.45) is 5.92 Å². The molecular formula is C20H18N4O. The van der Waals surface area contributed by atoms with Gasteiger partial charge in [-0.15, -0.1) is 0 Å². The molecule has 0 saturated carbocycles. The van der Waals surface area contributed by atoms with Crippen LogP contribution in [0.15, 0.2) is 48.9 Å². The number of allylic oxidation sites excluding steroid dienone is 2. The Bertz CT molecular complexity index is 979. The van der Waals surface area contributed by atoms with Gasteiger partial charge in [0.05, 0.1) is 36.5 Å². The second-order valence-corrected chi connectivity index (χ2v) is 6.19. The Labute approximate surface area is 146 Å². The molecule has 0 aliphatic heterocycles. The van der Waals surface area contributed by atoms with Crippen molar-refractivity contribution < 1.29 is 4.74 Å². The Morgan fingerprint density at radius 1 is 1.28 bits per heavy atom. The Morgan fingerprint density at radius 3 is 2.80 bits per heavy atom. The van der Waals surface area contributed by atoms with Crippen LogP contribution >= 0.6 is 0 Å². The van der Waals surface area contributed by atoms with Gasteiger partial charge in [-0.2, -0.15) is 10.4 Å². The van der Waals surface area contributed by atoms with Gasteiger partial charge in [-0.3, -0.25) is 4.98 Å². The minimum absolute atomic E-state index is 0.120. The van der Waals surface area contributed by atoms with Crippen LogP contribution in [0.5, 0.6) is 5.75 Å². The highest BCUT2D eigenvalue weighted by Crippen LogP contribution is 2.35. The molecule has 0 fully saturated rings. The van der Waals surface area contributed by atoms with Crippen molar-refractivity contribution in [1.82, 2.24) is 14.6 Å².